The normalized spacial score (nSPS) is 7.79. The second kappa shape index (κ2) is 135. The molecule has 0 radical (unpaired) electrons. The van der Waals surface area contributed by atoms with Gasteiger partial charge >= 0.3 is 0 Å². The van der Waals surface area contributed by atoms with Crippen LogP contribution in [0.5, 0.6) is 0 Å². The molecule has 0 aliphatic heterocycles. The highest BCUT2D eigenvalue weighted by Crippen LogP contribution is 2.16. The number of hydrogen-bond acceptors (Lipinski definition) is 18. The number of fused-ring (bicyclic) bond motifs is 9. The summed E-state index contributed by atoms with van der Waals surface area (Å²) >= 11 is 0. The van der Waals surface area contributed by atoms with Crippen molar-refractivity contribution >= 4 is 98.3 Å². The van der Waals surface area contributed by atoms with Crippen LogP contribution in [0.1, 0.15) is 341 Å². The van der Waals surface area contributed by atoms with E-state index in [9.17, 15) is 0 Å². The molecule has 0 amide bonds. The summed E-state index contributed by atoms with van der Waals surface area (Å²) in [5.74, 6) is 0.839. The van der Waals surface area contributed by atoms with Crippen molar-refractivity contribution < 1.29 is 0 Å². The number of aromatic nitrogens is 18. The van der Waals surface area contributed by atoms with Gasteiger partial charge in [-0.25, -0.2) is 49.8 Å². The molecule has 140 heavy (non-hydrogen) atoms. The third-order valence-corrected chi connectivity index (χ3v) is 13.8. The van der Waals surface area contributed by atoms with Crippen molar-refractivity contribution in [3.63, 3.8) is 0 Å². The zero-order chi connectivity index (χ0) is 111. The van der Waals surface area contributed by atoms with Crippen LogP contribution in [0.3, 0.4) is 0 Å². The first-order chi connectivity index (χ1) is 69.3. The molecule has 13 heterocycles. The minimum Gasteiger partial charge on any atom is -0.264 e. The molecular formula is C122H200N18. The summed E-state index contributed by atoms with van der Waals surface area (Å²) < 4.78 is 0. The van der Waals surface area contributed by atoms with Gasteiger partial charge in [-0.3, -0.25) is 39.9 Å². The first-order valence-corrected chi connectivity index (χ1v) is 52.7. The molecule has 0 aliphatic rings. The van der Waals surface area contributed by atoms with Crippen LogP contribution in [0.15, 0.2) is 306 Å². The van der Waals surface area contributed by atoms with E-state index in [2.05, 4.69) is 89.7 Å². The van der Waals surface area contributed by atoms with Crippen molar-refractivity contribution in [2.75, 3.05) is 0 Å². The zero-order valence-corrected chi connectivity index (χ0v) is 97.9. The Morgan fingerprint density at radius 2 is 0.386 bits per heavy atom. The molecule has 0 saturated carbocycles. The van der Waals surface area contributed by atoms with Crippen LogP contribution in [-0.4, -0.2) is 89.7 Å². The molecule has 0 N–H and O–H groups in total. The maximum absolute atomic E-state index is 4.41. The van der Waals surface area contributed by atoms with E-state index in [1.807, 2.05) is 578 Å². The molecule has 778 valence electrons. The summed E-state index contributed by atoms with van der Waals surface area (Å²) in [6.07, 6.45) is 33.3. The van der Waals surface area contributed by atoms with E-state index in [-0.39, 0.29) is 0 Å². The lowest BCUT2D eigenvalue weighted by Crippen LogP contribution is -1.92. The maximum Gasteiger partial charge on any atom is 0.159 e. The Morgan fingerprint density at radius 3 is 0.714 bits per heavy atom. The monoisotopic (exact) mass is 1920 g/mol. The van der Waals surface area contributed by atoms with Crippen LogP contribution in [0.25, 0.3) is 98.3 Å². The van der Waals surface area contributed by atoms with Gasteiger partial charge in [-0.05, 0) is 142 Å². The molecule has 0 spiro atoms. The Morgan fingerprint density at radius 1 is 0.143 bits per heavy atom. The second-order valence-electron chi connectivity index (χ2n) is 20.3. The van der Waals surface area contributed by atoms with Gasteiger partial charge in [0.1, 0.15) is 18.5 Å². The molecule has 0 bridgehead atoms. The van der Waals surface area contributed by atoms with Crippen LogP contribution in [0, 0.1) is 27.7 Å². The van der Waals surface area contributed by atoms with E-state index >= 15 is 0 Å². The molecule has 13 aromatic heterocycles. The molecule has 18 nitrogen and oxygen atoms in total. The van der Waals surface area contributed by atoms with E-state index in [0.717, 1.165) is 116 Å². The number of pyridine rings is 8. The van der Waals surface area contributed by atoms with Crippen molar-refractivity contribution in [3.8, 4) is 0 Å². The van der Waals surface area contributed by atoms with Crippen LogP contribution >= 0.6 is 0 Å². The van der Waals surface area contributed by atoms with E-state index in [1.165, 1.54) is 5.39 Å². The smallest absolute Gasteiger partial charge is 0.159 e. The standard InChI is InChI=1S/2C10H10N2.7C8H6N2.23C2H6/c1-7-9-5-3-4-6-10(9)12-8(2)11-7;1-7-8(2)12-10-6-4-3-5-9(10)11-7;1-3-9-6-8-2-4-10-5-7(1)8;1-3-9-5-8-6-10-4-2-7(1)8;1-3-7-4-2-6-10-8(7)9-5-1;1-2-7-6-9-5-3-8(7)10-4-1;2*1-2-4-8-7(3-1)5-9-6-10-8;1-2-4-8-7(3-1)9-5-6-10-8;23*1-2/h2*3-6H,1-2H3;7*1-6H;23*1-2H3. The number of hydrogen-bond donors (Lipinski definition) is 0. The number of aryl methyl sites for hydroxylation is 4. The third-order valence-electron chi connectivity index (χ3n) is 13.8. The van der Waals surface area contributed by atoms with Crippen molar-refractivity contribution in [1.29, 1.82) is 0 Å². The first-order valence-electron chi connectivity index (χ1n) is 52.7. The van der Waals surface area contributed by atoms with Gasteiger partial charge < -0.3 is 0 Å². The Kier molecular flexibility index (Phi) is 152. The van der Waals surface area contributed by atoms with E-state index in [0.29, 0.717) is 0 Å². The largest absolute Gasteiger partial charge is 0.264 e. The van der Waals surface area contributed by atoms with E-state index in [1.54, 1.807) is 74.6 Å². The predicted molar refractivity (Wildman–Crippen MR) is 636 cm³/mol. The lowest BCUT2D eigenvalue weighted by Gasteiger charge is -2.00. The summed E-state index contributed by atoms with van der Waals surface area (Å²) in [5.41, 5.74) is 11.7. The Balaban J connectivity index is -0.000000101. The van der Waals surface area contributed by atoms with Crippen molar-refractivity contribution in [2.24, 2.45) is 0 Å². The molecule has 18 heteroatoms. The molecule has 0 fully saturated rings. The van der Waals surface area contributed by atoms with Crippen LogP contribution in [0.4, 0.5) is 0 Å². The molecule has 0 atom stereocenters. The molecule has 0 saturated heterocycles. The van der Waals surface area contributed by atoms with Crippen LogP contribution < -0.4 is 0 Å². The Labute approximate surface area is 857 Å². The lowest BCUT2D eigenvalue weighted by molar-refractivity contribution is 1.05. The Bertz CT molecular complexity index is 4170. The van der Waals surface area contributed by atoms with Gasteiger partial charge in [0.05, 0.1) is 55.5 Å². The van der Waals surface area contributed by atoms with E-state index < -0.39 is 0 Å². The zero-order valence-electron chi connectivity index (χ0n) is 97.9. The van der Waals surface area contributed by atoms with Crippen LogP contribution in [-0.2, 0) is 0 Å². The minimum atomic E-state index is 0.810. The summed E-state index contributed by atoms with van der Waals surface area (Å²) in [5, 5.41) is 10.0. The van der Waals surface area contributed by atoms with Crippen molar-refractivity contribution in [1.82, 2.24) is 89.7 Å². The minimum absolute atomic E-state index is 0.810. The van der Waals surface area contributed by atoms with Gasteiger partial charge in [0.15, 0.2) is 5.65 Å². The van der Waals surface area contributed by atoms with E-state index in [4.69, 9.17) is 0 Å². The number of rotatable bonds is 0. The van der Waals surface area contributed by atoms with Gasteiger partial charge in [-0.1, -0.05) is 397 Å². The summed E-state index contributed by atoms with van der Waals surface area (Å²) in [4.78, 5) is 73.8. The quantitative estimate of drug-likeness (QED) is 0.137. The van der Waals surface area contributed by atoms with Crippen molar-refractivity contribution in [2.45, 2.75) is 346 Å². The number of benzene rings is 5. The molecule has 5 aromatic carbocycles. The molecule has 18 aromatic rings. The van der Waals surface area contributed by atoms with Gasteiger partial charge in [0, 0.05) is 154 Å². The fourth-order valence-corrected chi connectivity index (χ4v) is 8.98. The number of nitrogens with zero attached hydrogens (tertiary/aromatic N) is 18. The summed E-state index contributed by atoms with van der Waals surface area (Å²) in [6, 6.07) is 61.0. The van der Waals surface area contributed by atoms with Crippen LogP contribution in [0.2, 0.25) is 0 Å². The Hall–Kier alpha value is -13.0. The highest BCUT2D eigenvalue weighted by atomic mass is 14.9. The fourth-order valence-electron chi connectivity index (χ4n) is 8.98. The first kappa shape index (κ1) is 158. The van der Waals surface area contributed by atoms with Crippen molar-refractivity contribution in [3.05, 3.63) is 329 Å². The van der Waals surface area contributed by atoms with Gasteiger partial charge in [0.2, 0.25) is 0 Å². The maximum atomic E-state index is 4.41. The summed E-state index contributed by atoms with van der Waals surface area (Å²) in [6.45, 7) is 99.9. The highest BCUT2D eigenvalue weighted by molar-refractivity contribution is 5.83. The fraction of sp³-hybridized carbons (Fsp3) is 0.410. The second-order valence-corrected chi connectivity index (χ2v) is 20.3. The molecule has 0 aliphatic carbocycles. The topological polar surface area (TPSA) is 232 Å². The summed E-state index contributed by atoms with van der Waals surface area (Å²) in [7, 11) is 0. The molecule has 0 unspecified atom stereocenters. The number of para-hydroxylation sites is 7. The predicted octanol–water partition coefficient (Wildman–Crippen LogP) is 39.5. The SMILES string of the molecule is CC.CC.CC.CC.CC.CC.CC.CC.CC.CC.CC.CC.CC.CC.CC.CC.CC.CC.CC.CC.CC.CC.CC.Cc1nc(C)c2ccccc2n1.Cc1nc2ccccc2nc1C.c1cc2ccncc2cn1.c1cc2cnccc2cn1.c1ccc2nccnc2c1.c1ccc2ncncc2c1.c1ccc2ncncc2c1.c1cnc2ccncc2c1.c1cnc2ncccc2c1. The molecule has 18 rings (SSSR count). The van der Waals surface area contributed by atoms with Gasteiger partial charge in [-0.2, -0.15) is 0 Å². The van der Waals surface area contributed by atoms with Gasteiger partial charge in [0.25, 0.3) is 0 Å². The highest BCUT2D eigenvalue weighted by Gasteiger charge is 2.01. The van der Waals surface area contributed by atoms with Gasteiger partial charge in [-0.15, -0.1) is 0 Å². The average molecular weight is 1920 g/mol. The third kappa shape index (κ3) is 76.1. The average Bonchev–Trinajstić information content (AvgIpc) is 0.825. The molecular weight excluding hydrogens is 1720 g/mol. The lowest BCUT2D eigenvalue weighted by atomic mass is 10.2.